The Labute approximate surface area is 153 Å². The number of hydrogen-bond donors (Lipinski definition) is 2. The third-order valence-corrected chi connectivity index (χ3v) is 6.50. The van der Waals surface area contributed by atoms with Crippen molar-refractivity contribution in [2.24, 2.45) is 23.2 Å². The van der Waals surface area contributed by atoms with E-state index in [9.17, 15) is 9.59 Å². The number of rotatable bonds is 3. The van der Waals surface area contributed by atoms with Crippen LogP contribution in [0.15, 0.2) is 24.3 Å². The first-order chi connectivity index (χ1) is 11.9. The second-order valence-corrected chi connectivity index (χ2v) is 8.65. The molecule has 1 aromatic rings. The number of benzene rings is 1. The number of thiocarbonyl (C=S) groups is 1. The maximum atomic E-state index is 13.0. The number of carbonyl (C=O) groups is 2. The monoisotopic (exact) mass is 356 g/mol. The minimum atomic E-state index is -0.195. The van der Waals surface area contributed by atoms with Crippen LogP contribution >= 0.6 is 12.2 Å². The Morgan fingerprint density at radius 3 is 2.00 bits per heavy atom. The molecule has 0 spiro atoms. The van der Waals surface area contributed by atoms with Crippen molar-refractivity contribution in [2.45, 2.75) is 45.4 Å². The van der Waals surface area contributed by atoms with Crippen LogP contribution in [0.2, 0.25) is 0 Å². The summed E-state index contributed by atoms with van der Waals surface area (Å²) in [6.45, 7) is 1.54. The highest BCUT2D eigenvalue weighted by atomic mass is 32.1. The van der Waals surface area contributed by atoms with Crippen LogP contribution in [-0.4, -0.2) is 16.8 Å². The highest BCUT2D eigenvalue weighted by molar-refractivity contribution is 7.80. The Hall–Kier alpha value is -1.75. The fraction of sp³-hybridized carbons (Fsp3) is 0.550. The van der Waals surface area contributed by atoms with Gasteiger partial charge in [-0.1, -0.05) is 0 Å². The maximum absolute atomic E-state index is 13.0. The molecule has 25 heavy (non-hydrogen) atoms. The number of anilines is 1. The van der Waals surface area contributed by atoms with Crippen LogP contribution < -0.4 is 10.6 Å². The summed E-state index contributed by atoms with van der Waals surface area (Å²) in [6, 6.07) is 7.13. The normalized spacial score (nSPS) is 32.3. The van der Waals surface area contributed by atoms with Crippen LogP contribution in [0.25, 0.3) is 0 Å². The van der Waals surface area contributed by atoms with Gasteiger partial charge in [-0.25, -0.2) is 0 Å². The molecule has 0 heterocycles. The first-order valence-electron chi connectivity index (χ1n) is 9.17. The fourth-order valence-corrected chi connectivity index (χ4v) is 5.79. The van der Waals surface area contributed by atoms with Gasteiger partial charge in [0.05, 0.1) is 5.41 Å². The molecule has 0 aromatic heterocycles. The molecule has 0 unspecified atom stereocenters. The molecular weight excluding hydrogens is 332 g/mol. The number of carbonyl (C=O) groups excluding carboxylic acids is 2. The van der Waals surface area contributed by atoms with Gasteiger partial charge in [0.2, 0.25) is 5.91 Å². The van der Waals surface area contributed by atoms with E-state index in [1.807, 2.05) is 0 Å². The summed E-state index contributed by atoms with van der Waals surface area (Å²) >= 11 is 5.34. The van der Waals surface area contributed by atoms with Gasteiger partial charge >= 0.3 is 0 Å². The lowest BCUT2D eigenvalue weighted by Gasteiger charge is -2.55. The second-order valence-electron chi connectivity index (χ2n) is 8.24. The van der Waals surface area contributed by atoms with E-state index in [4.69, 9.17) is 12.2 Å². The smallest absolute Gasteiger partial charge is 0.232 e. The van der Waals surface area contributed by atoms with Crippen LogP contribution in [0.5, 0.6) is 0 Å². The second kappa shape index (κ2) is 6.20. The minimum absolute atomic E-state index is 0.0317. The fourth-order valence-electron chi connectivity index (χ4n) is 5.58. The SMILES string of the molecule is CC(=O)c1ccc(NC(=S)NC(=O)C23CC4CC(CC(C4)C2)C3)cc1. The van der Waals surface area contributed by atoms with E-state index in [0.717, 1.165) is 42.7 Å². The van der Waals surface area contributed by atoms with Gasteiger partial charge in [-0.05, 0) is 99.7 Å². The third kappa shape index (κ3) is 3.22. The zero-order valence-electron chi connectivity index (χ0n) is 14.5. The largest absolute Gasteiger partial charge is 0.332 e. The molecule has 0 saturated heterocycles. The van der Waals surface area contributed by atoms with Crippen molar-refractivity contribution >= 4 is 34.7 Å². The van der Waals surface area contributed by atoms with E-state index >= 15 is 0 Å². The molecule has 1 aromatic carbocycles. The summed E-state index contributed by atoms with van der Waals surface area (Å²) in [6.07, 6.45) is 7.04. The summed E-state index contributed by atoms with van der Waals surface area (Å²) in [5.41, 5.74) is 1.24. The standard InChI is InChI=1S/C20H24N2O2S/c1-12(23)16-2-4-17(5-3-16)21-19(25)22-18(24)20-9-13-6-14(10-20)8-15(7-13)11-20/h2-5,13-15H,6-11H2,1H3,(H2,21,22,24,25). The molecule has 2 N–H and O–H groups in total. The molecular formula is C20H24N2O2S. The Morgan fingerprint density at radius 2 is 1.52 bits per heavy atom. The van der Waals surface area contributed by atoms with Crippen molar-refractivity contribution < 1.29 is 9.59 Å². The maximum Gasteiger partial charge on any atom is 0.232 e. The molecule has 0 radical (unpaired) electrons. The van der Waals surface area contributed by atoms with Gasteiger partial charge in [-0.3, -0.25) is 9.59 Å². The summed E-state index contributed by atoms with van der Waals surface area (Å²) in [4.78, 5) is 24.3. The van der Waals surface area contributed by atoms with Crippen LogP contribution in [0, 0.1) is 23.2 Å². The zero-order valence-corrected chi connectivity index (χ0v) is 15.3. The molecule has 4 aliphatic rings. The predicted octanol–water partition coefficient (Wildman–Crippen LogP) is 3.92. The van der Waals surface area contributed by atoms with Crippen molar-refractivity contribution in [1.82, 2.24) is 5.32 Å². The highest BCUT2D eigenvalue weighted by Crippen LogP contribution is 2.60. The number of hydrogen-bond acceptors (Lipinski definition) is 3. The number of ketones is 1. The molecule has 5 heteroatoms. The van der Waals surface area contributed by atoms with Crippen LogP contribution in [0.1, 0.15) is 55.8 Å². The molecule has 4 bridgehead atoms. The number of nitrogens with one attached hydrogen (secondary N) is 2. The lowest BCUT2D eigenvalue weighted by Crippen LogP contribution is -2.55. The van der Waals surface area contributed by atoms with Crippen LogP contribution in [0.4, 0.5) is 5.69 Å². The molecule has 132 valence electrons. The van der Waals surface area contributed by atoms with E-state index in [1.54, 1.807) is 31.2 Å². The van der Waals surface area contributed by atoms with Gasteiger partial charge in [0.1, 0.15) is 0 Å². The molecule has 4 aliphatic carbocycles. The first kappa shape index (κ1) is 16.7. The van der Waals surface area contributed by atoms with Gasteiger partial charge in [-0.2, -0.15) is 0 Å². The van der Waals surface area contributed by atoms with E-state index in [1.165, 1.54) is 19.3 Å². The van der Waals surface area contributed by atoms with Crippen molar-refractivity contribution in [3.8, 4) is 0 Å². The third-order valence-electron chi connectivity index (χ3n) is 6.30. The minimum Gasteiger partial charge on any atom is -0.332 e. The predicted molar refractivity (Wildman–Crippen MR) is 101 cm³/mol. The lowest BCUT2D eigenvalue weighted by atomic mass is 9.49. The van der Waals surface area contributed by atoms with Crippen molar-refractivity contribution in [3.05, 3.63) is 29.8 Å². The van der Waals surface area contributed by atoms with Crippen LogP contribution in [-0.2, 0) is 4.79 Å². The molecule has 0 atom stereocenters. The Balaban J connectivity index is 1.39. The summed E-state index contributed by atoms with van der Waals surface area (Å²) < 4.78 is 0. The number of amides is 1. The van der Waals surface area contributed by atoms with Crippen molar-refractivity contribution in [2.75, 3.05) is 5.32 Å². The quantitative estimate of drug-likeness (QED) is 0.637. The van der Waals surface area contributed by atoms with Gasteiger partial charge in [0, 0.05) is 11.3 Å². The summed E-state index contributed by atoms with van der Waals surface area (Å²) in [5.74, 6) is 2.33. The van der Waals surface area contributed by atoms with Crippen molar-refractivity contribution in [3.63, 3.8) is 0 Å². The first-order valence-corrected chi connectivity index (χ1v) is 9.58. The van der Waals surface area contributed by atoms with Gasteiger partial charge in [0.15, 0.2) is 10.9 Å². The van der Waals surface area contributed by atoms with Gasteiger partial charge in [0.25, 0.3) is 0 Å². The van der Waals surface area contributed by atoms with E-state index < -0.39 is 0 Å². The lowest BCUT2D eigenvalue weighted by molar-refractivity contribution is -0.144. The van der Waals surface area contributed by atoms with E-state index in [-0.39, 0.29) is 17.1 Å². The summed E-state index contributed by atoms with van der Waals surface area (Å²) in [5, 5.41) is 6.34. The Bertz CT molecular complexity index is 690. The molecule has 5 rings (SSSR count). The van der Waals surface area contributed by atoms with Crippen LogP contribution in [0.3, 0.4) is 0 Å². The molecule has 4 nitrogen and oxygen atoms in total. The molecule has 1 amide bonds. The Morgan fingerprint density at radius 1 is 1.00 bits per heavy atom. The van der Waals surface area contributed by atoms with Crippen molar-refractivity contribution in [1.29, 1.82) is 0 Å². The zero-order chi connectivity index (χ0) is 17.6. The van der Waals surface area contributed by atoms with Gasteiger partial charge < -0.3 is 10.6 Å². The topological polar surface area (TPSA) is 58.2 Å². The highest BCUT2D eigenvalue weighted by Gasteiger charge is 2.54. The average Bonchev–Trinajstić information content (AvgIpc) is 2.54. The average molecular weight is 356 g/mol. The number of Topliss-reactive ketones (excluding diaryl/α,β-unsaturated/α-hetero) is 1. The van der Waals surface area contributed by atoms with E-state index in [2.05, 4.69) is 10.6 Å². The van der Waals surface area contributed by atoms with Gasteiger partial charge in [-0.15, -0.1) is 0 Å². The summed E-state index contributed by atoms with van der Waals surface area (Å²) in [7, 11) is 0. The van der Waals surface area contributed by atoms with E-state index in [0.29, 0.717) is 10.7 Å². The molecule has 4 fully saturated rings. The Kier molecular flexibility index (Phi) is 4.14. The molecule has 0 aliphatic heterocycles. The molecule has 4 saturated carbocycles.